The Hall–Kier alpha value is -7.05. The predicted molar refractivity (Wildman–Crippen MR) is 211 cm³/mol. The van der Waals surface area contributed by atoms with Crippen molar-refractivity contribution in [2.45, 2.75) is 6.17 Å². The summed E-state index contributed by atoms with van der Waals surface area (Å²) in [5.74, 6) is 1.40. The van der Waals surface area contributed by atoms with Gasteiger partial charge in [-0.25, -0.2) is 9.98 Å². The van der Waals surface area contributed by atoms with Crippen molar-refractivity contribution < 1.29 is 8.83 Å². The predicted octanol–water partition coefficient (Wildman–Crippen LogP) is 11.3. The fourth-order valence-corrected chi connectivity index (χ4v) is 7.74. The number of nitrogens with one attached hydrogen (secondary N) is 1. The van der Waals surface area contributed by atoms with Crippen LogP contribution in [-0.4, -0.2) is 16.7 Å². The molecule has 244 valence electrons. The Morgan fingerprint density at radius 1 is 0.500 bits per heavy atom. The number of hydrogen-bond acceptors (Lipinski definition) is 6. The molecule has 0 spiro atoms. The minimum Gasteiger partial charge on any atom is -0.456 e. The van der Waals surface area contributed by atoms with Crippen molar-refractivity contribution in [2.24, 2.45) is 9.98 Å². The Bertz CT molecular complexity index is 3130. The van der Waals surface area contributed by atoms with Crippen LogP contribution in [0.1, 0.15) is 22.9 Å². The molecule has 1 atom stereocenters. The van der Waals surface area contributed by atoms with Crippen molar-refractivity contribution >= 4 is 77.1 Å². The summed E-state index contributed by atoms with van der Waals surface area (Å²) < 4.78 is 12.5. The summed E-state index contributed by atoms with van der Waals surface area (Å²) in [6, 6.07) is 52.2. The van der Waals surface area contributed by atoms with E-state index in [2.05, 4.69) is 102 Å². The Labute approximate surface area is 297 Å². The van der Waals surface area contributed by atoms with Crippen molar-refractivity contribution in [3.8, 4) is 11.3 Å². The molecule has 0 saturated heterocycles. The number of rotatable bonds is 4. The molecule has 0 saturated carbocycles. The molecule has 10 aromatic rings. The summed E-state index contributed by atoms with van der Waals surface area (Å²) in [6.45, 7) is 0. The first-order valence-corrected chi connectivity index (χ1v) is 17.4. The van der Waals surface area contributed by atoms with Crippen LogP contribution in [0.2, 0.25) is 0 Å². The number of fused-ring (bicyclic) bond motifs is 8. The summed E-state index contributed by atoms with van der Waals surface area (Å²) in [5.41, 5.74) is 8.24. The maximum atomic E-state index is 6.27. The molecule has 4 heterocycles. The van der Waals surface area contributed by atoms with Crippen molar-refractivity contribution in [3.63, 3.8) is 0 Å². The van der Waals surface area contributed by atoms with Gasteiger partial charge in [0.15, 0.2) is 5.84 Å². The third kappa shape index (κ3) is 4.48. The molecule has 0 bridgehead atoms. The molecular formula is C46H28N4O2. The van der Waals surface area contributed by atoms with Gasteiger partial charge in [-0.1, -0.05) is 115 Å². The van der Waals surface area contributed by atoms with E-state index in [0.29, 0.717) is 5.84 Å². The third-order valence-electron chi connectivity index (χ3n) is 10.2. The van der Waals surface area contributed by atoms with E-state index >= 15 is 0 Å². The second-order valence-corrected chi connectivity index (χ2v) is 13.2. The molecule has 7 aromatic carbocycles. The lowest BCUT2D eigenvalue weighted by Crippen LogP contribution is -2.33. The van der Waals surface area contributed by atoms with Crippen LogP contribution < -0.4 is 5.32 Å². The van der Waals surface area contributed by atoms with E-state index in [-0.39, 0.29) is 6.17 Å². The first kappa shape index (κ1) is 28.8. The zero-order valence-corrected chi connectivity index (χ0v) is 27.7. The average molecular weight is 669 g/mol. The number of benzene rings is 7. The van der Waals surface area contributed by atoms with Crippen LogP contribution >= 0.6 is 0 Å². The molecule has 11 rings (SSSR count). The molecule has 1 N–H and O–H groups in total. The second-order valence-electron chi connectivity index (χ2n) is 13.2. The topological polar surface area (TPSA) is 75.9 Å². The third-order valence-corrected chi connectivity index (χ3v) is 10.2. The quantitative estimate of drug-likeness (QED) is 0.202. The minimum absolute atomic E-state index is 0.362. The molecule has 3 aromatic heterocycles. The molecule has 6 heteroatoms. The van der Waals surface area contributed by atoms with Crippen molar-refractivity contribution in [1.82, 2.24) is 10.3 Å². The van der Waals surface area contributed by atoms with Crippen LogP contribution in [0.3, 0.4) is 0 Å². The number of hydrogen-bond donors (Lipinski definition) is 1. The number of para-hydroxylation sites is 2. The highest BCUT2D eigenvalue weighted by Gasteiger charge is 2.24. The normalized spacial score (nSPS) is 14.7. The highest BCUT2D eigenvalue weighted by molar-refractivity contribution is 6.22. The van der Waals surface area contributed by atoms with E-state index in [9.17, 15) is 0 Å². The van der Waals surface area contributed by atoms with Gasteiger partial charge in [0.2, 0.25) is 0 Å². The van der Waals surface area contributed by atoms with Gasteiger partial charge >= 0.3 is 0 Å². The van der Waals surface area contributed by atoms with Gasteiger partial charge in [0.05, 0.1) is 11.1 Å². The zero-order chi connectivity index (χ0) is 34.2. The lowest BCUT2D eigenvalue weighted by molar-refractivity contribution is 0.668. The average Bonchev–Trinajstić information content (AvgIpc) is 3.79. The van der Waals surface area contributed by atoms with Gasteiger partial charge in [-0.15, -0.1) is 0 Å². The smallest absolute Gasteiger partial charge is 0.160 e. The van der Waals surface area contributed by atoms with Crippen molar-refractivity contribution in [2.75, 3.05) is 0 Å². The molecule has 1 unspecified atom stereocenters. The lowest BCUT2D eigenvalue weighted by Gasteiger charge is -2.24. The maximum Gasteiger partial charge on any atom is 0.160 e. The Morgan fingerprint density at radius 3 is 2.06 bits per heavy atom. The number of nitrogens with zero attached hydrogens (tertiary/aromatic N) is 3. The zero-order valence-electron chi connectivity index (χ0n) is 27.7. The van der Waals surface area contributed by atoms with Crippen LogP contribution in [0.4, 0.5) is 0 Å². The number of pyridine rings is 1. The van der Waals surface area contributed by atoms with Gasteiger partial charge in [0.1, 0.15) is 34.3 Å². The molecule has 52 heavy (non-hydrogen) atoms. The lowest BCUT2D eigenvalue weighted by atomic mass is 9.97. The van der Waals surface area contributed by atoms with Crippen LogP contribution in [0, 0.1) is 0 Å². The number of aromatic nitrogens is 1. The van der Waals surface area contributed by atoms with Gasteiger partial charge in [-0.3, -0.25) is 4.98 Å². The van der Waals surface area contributed by atoms with E-state index in [1.54, 1.807) is 0 Å². The minimum atomic E-state index is -0.362. The highest BCUT2D eigenvalue weighted by atomic mass is 16.3. The van der Waals surface area contributed by atoms with E-state index in [1.165, 1.54) is 5.39 Å². The molecule has 0 fully saturated rings. The van der Waals surface area contributed by atoms with Gasteiger partial charge in [0, 0.05) is 39.0 Å². The summed E-state index contributed by atoms with van der Waals surface area (Å²) in [6.07, 6.45) is 1.46. The van der Waals surface area contributed by atoms with Crippen LogP contribution in [0.25, 0.3) is 76.7 Å². The van der Waals surface area contributed by atoms with Crippen molar-refractivity contribution in [3.05, 3.63) is 175 Å². The SMILES string of the molecule is c1ccc2cc(C3N=C(c4cccc5oc6ccccc6c45)N=C(c4ccc5c(-c6nccc7oc8ccccc8c67)cccc5c4)N3)ccc2c1. The standard InChI is InChI=1S/C46H28N4O2/c1-2-10-28-25-30(20-19-27(28)9-1)44-48-45(50-46(49-44)36-15-8-18-39-41(36)34-12-3-5-16-37(34)51-39)31-21-22-32-29(26-31)11-7-14-33(32)43-42-35-13-4-6-17-38(35)52-40(42)23-24-47-43/h1-26,44H,(H,48,49,50). The summed E-state index contributed by atoms with van der Waals surface area (Å²) in [4.78, 5) is 15.4. The van der Waals surface area contributed by atoms with Gasteiger partial charge in [0.25, 0.3) is 0 Å². The molecule has 1 aliphatic heterocycles. The fraction of sp³-hybridized carbons (Fsp3) is 0.0217. The number of furan rings is 2. The summed E-state index contributed by atoms with van der Waals surface area (Å²) in [5, 5.41) is 12.4. The van der Waals surface area contributed by atoms with Gasteiger partial charge in [-0.2, -0.15) is 0 Å². The molecule has 0 radical (unpaired) electrons. The largest absolute Gasteiger partial charge is 0.456 e. The summed E-state index contributed by atoms with van der Waals surface area (Å²) >= 11 is 0. The first-order valence-electron chi connectivity index (χ1n) is 17.4. The second kappa shape index (κ2) is 11.2. The monoisotopic (exact) mass is 668 g/mol. The Balaban J connectivity index is 1.08. The van der Waals surface area contributed by atoms with Crippen LogP contribution in [0.15, 0.2) is 177 Å². The molecule has 6 nitrogen and oxygen atoms in total. The van der Waals surface area contributed by atoms with E-state index in [1.807, 2.05) is 60.8 Å². The Morgan fingerprint density at radius 2 is 1.19 bits per heavy atom. The molecule has 0 aliphatic carbocycles. The maximum absolute atomic E-state index is 6.27. The van der Waals surface area contributed by atoms with E-state index in [0.717, 1.165) is 93.8 Å². The molecule has 0 amide bonds. The van der Waals surface area contributed by atoms with E-state index in [4.69, 9.17) is 23.8 Å². The van der Waals surface area contributed by atoms with E-state index < -0.39 is 0 Å². The van der Waals surface area contributed by atoms with Gasteiger partial charge in [-0.05, 0) is 63.5 Å². The molecular weight excluding hydrogens is 641 g/mol. The van der Waals surface area contributed by atoms with Gasteiger partial charge < -0.3 is 14.2 Å². The number of aliphatic imine (C=N–C) groups is 2. The highest BCUT2D eigenvalue weighted by Crippen LogP contribution is 2.39. The van der Waals surface area contributed by atoms with Crippen molar-refractivity contribution in [1.29, 1.82) is 0 Å². The fourth-order valence-electron chi connectivity index (χ4n) is 7.74. The first-order chi connectivity index (χ1) is 25.7. The molecule has 1 aliphatic rings. The Kier molecular flexibility index (Phi) is 6.21. The number of amidine groups is 2. The van der Waals surface area contributed by atoms with Crippen LogP contribution in [0.5, 0.6) is 0 Å². The van der Waals surface area contributed by atoms with Crippen LogP contribution in [-0.2, 0) is 0 Å². The summed E-state index contributed by atoms with van der Waals surface area (Å²) in [7, 11) is 0.